The molecular weight excluding hydrogens is 222 g/mol. The molecule has 2 atom stereocenters. The van der Waals surface area contributed by atoms with Gasteiger partial charge in [-0.2, -0.15) is 0 Å². The molecule has 0 spiro atoms. The van der Waals surface area contributed by atoms with E-state index in [1.807, 2.05) is 6.92 Å². The van der Waals surface area contributed by atoms with Crippen LogP contribution in [0.25, 0.3) is 0 Å². The van der Waals surface area contributed by atoms with Crippen molar-refractivity contribution in [2.75, 3.05) is 20.3 Å². The minimum atomic E-state index is -0.191. The Morgan fingerprint density at radius 3 is 2.59 bits per heavy atom. The zero-order valence-corrected chi connectivity index (χ0v) is 10.1. The van der Waals surface area contributed by atoms with Crippen LogP contribution in [0.3, 0.4) is 0 Å². The topological polar surface area (TPSA) is 82.0 Å². The van der Waals surface area contributed by atoms with Crippen molar-refractivity contribution in [1.29, 1.82) is 0 Å². The van der Waals surface area contributed by atoms with Gasteiger partial charge in [-0.25, -0.2) is 0 Å². The quantitative estimate of drug-likeness (QED) is 0.591. The third-order valence-electron chi connectivity index (χ3n) is 2.55. The predicted octanol–water partition coefficient (Wildman–Crippen LogP) is 0.756. The summed E-state index contributed by atoms with van der Waals surface area (Å²) in [5.41, 5.74) is 0.664. The first-order valence-electron chi connectivity index (χ1n) is 5.46. The highest BCUT2D eigenvalue weighted by Gasteiger charge is 2.15. The van der Waals surface area contributed by atoms with Gasteiger partial charge in [-0.3, -0.25) is 0 Å². The Labute approximate surface area is 101 Å². The number of aliphatic hydroxyl groups excluding tert-OH is 1. The van der Waals surface area contributed by atoms with E-state index in [-0.39, 0.29) is 30.2 Å². The molecule has 0 aliphatic carbocycles. The second-order valence-electron chi connectivity index (χ2n) is 3.97. The van der Waals surface area contributed by atoms with E-state index in [4.69, 9.17) is 9.84 Å². The molecule has 1 aromatic rings. The number of ether oxygens (including phenoxy) is 1. The number of hydrogen-bond donors (Lipinski definition) is 4. The van der Waals surface area contributed by atoms with Gasteiger partial charge >= 0.3 is 0 Å². The van der Waals surface area contributed by atoms with Gasteiger partial charge in [0.2, 0.25) is 0 Å². The van der Waals surface area contributed by atoms with E-state index in [0.29, 0.717) is 12.2 Å². The van der Waals surface area contributed by atoms with Crippen molar-refractivity contribution in [3.05, 3.63) is 23.8 Å². The minimum absolute atomic E-state index is 0.0223. The van der Waals surface area contributed by atoms with Crippen LogP contribution in [0, 0.1) is 0 Å². The molecular formula is C12H19NO4. The van der Waals surface area contributed by atoms with E-state index in [1.165, 1.54) is 12.1 Å². The molecule has 0 radical (unpaired) electrons. The zero-order chi connectivity index (χ0) is 12.8. The van der Waals surface area contributed by atoms with Crippen LogP contribution in [0.15, 0.2) is 18.2 Å². The molecule has 96 valence electrons. The largest absolute Gasteiger partial charge is 0.508 e. The van der Waals surface area contributed by atoms with Crippen LogP contribution in [0.5, 0.6) is 11.5 Å². The molecule has 1 aromatic carbocycles. The molecule has 0 amide bonds. The van der Waals surface area contributed by atoms with Gasteiger partial charge in [-0.1, -0.05) is 6.07 Å². The van der Waals surface area contributed by atoms with Crippen molar-refractivity contribution < 1.29 is 20.1 Å². The highest BCUT2D eigenvalue weighted by Crippen LogP contribution is 2.27. The lowest BCUT2D eigenvalue weighted by Gasteiger charge is -2.22. The molecule has 0 aliphatic rings. The molecule has 17 heavy (non-hydrogen) atoms. The van der Waals surface area contributed by atoms with Crippen molar-refractivity contribution >= 4 is 0 Å². The number of nitrogens with one attached hydrogen (secondary N) is 1. The summed E-state index contributed by atoms with van der Waals surface area (Å²) in [7, 11) is 1.56. The molecule has 5 heteroatoms. The van der Waals surface area contributed by atoms with E-state index in [0.717, 1.165) is 0 Å². The van der Waals surface area contributed by atoms with Gasteiger partial charge in [0, 0.05) is 24.8 Å². The molecule has 5 nitrogen and oxygen atoms in total. The molecule has 0 aliphatic heterocycles. The summed E-state index contributed by atoms with van der Waals surface area (Å²) in [6, 6.07) is 4.10. The Balaban J connectivity index is 2.71. The summed E-state index contributed by atoms with van der Waals surface area (Å²) in [6.45, 7) is 2.21. The van der Waals surface area contributed by atoms with Crippen LogP contribution in [0.4, 0.5) is 0 Å². The average molecular weight is 241 g/mol. The maximum atomic E-state index is 9.68. The minimum Gasteiger partial charge on any atom is -0.508 e. The van der Waals surface area contributed by atoms with Crippen LogP contribution >= 0.6 is 0 Å². The molecule has 0 bridgehead atoms. The lowest BCUT2D eigenvalue weighted by molar-refractivity contribution is 0.123. The first-order chi connectivity index (χ1) is 8.08. The summed E-state index contributed by atoms with van der Waals surface area (Å²) in [5.74, 6) is 0.0492. The predicted molar refractivity (Wildman–Crippen MR) is 64.1 cm³/mol. The number of methoxy groups -OCH3 is 1. The molecule has 0 heterocycles. The van der Waals surface area contributed by atoms with E-state index in [2.05, 4.69) is 5.32 Å². The molecule has 0 saturated heterocycles. The molecule has 2 unspecified atom stereocenters. The smallest absolute Gasteiger partial charge is 0.124 e. The number of aliphatic hydroxyl groups is 1. The average Bonchev–Trinajstić information content (AvgIpc) is 2.28. The Hall–Kier alpha value is -1.30. The van der Waals surface area contributed by atoms with Gasteiger partial charge in [-0.05, 0) is 13.0 Å². The fraction of sp³-hybridized carbons (Fsp3) is 0.500. The van der Waals surface area contributed by atoms with E-state index in [1.54, 1.807) is 13.2 Å². The highest BCUT2D eigenvalue weighted by molar-refractivity contribution is 5.40. The Kier molecular flexibility index (Phi) is 5.21. The first kappa shape index (κ1) is 13.8. The summed E-state index contributed by atoms with van der Waals surface area (Å²) >= 11 is 0. The molecule has 0 saturated carbocycles. The van der Waals surface area contributed by atoms with Gasteiger partial charge in [0.05, 0.1) is 19.3 Å². The lowest BCUT2D eigenvalue weighted by Crippen LogP contribution is -2.38. The van der Waals surface area contributed by atoms with Gasteiger partial charge in [0.25, 0.3) is 0 Å². The SMILES string of the molecule is COCC(CO)NC(C)c1ccc(O)cc1O. The third kappa shape index (κ3) is 3.89. The van der Waals surface area contributed by atoms with E-state index >= 15 is 0 Å². The highest BCUT2D eigenvalue weighted by atomic mass is 16.5. The second kappa shape index (κ2) is 6.44. The standard InChI is InChI=1S/C12H19NO4/c1-8(13-9(6-14)7-17-2)11-4-3-10(15)5-12(11)16/h3-5,8-9,13-16H,6-7H2,1-2H3. The number of rotatable bonds is 6. The Bertz CT molecular complexity index is 356. The van der Waals surface area contributed by atoms with Gasteiger partial charge < -0.3 is 25.4 Å². The molecule has 0 aromatic heterocycles. The summed E-state index contributed by atoms with van der Waals surface area (Å²) in [5, 5.41) is 31.1. The van der Waals surface area contributed by atoms with Crippen LogP contribution in [0.2, 0.25) is 0 Å². The maximum absolute atomic E-state index is 9.68. The second-order valence-corrected chi connectivity index (χ2v) is 3.97. The molecule has 0 fully saturated rings. The maximum Gasteiger partial charge on any atom is 0.124 e. The van der Waals surface area contributed by atoms with Crippen molar-refractivity contribution in [3.63, 3.8) is 0 Å². The third-order valence-corrected chi connectivity index (χ3v) is 2.55. The van der Waals surface area contributed by atoms with E-state index < -0.39 is 0 Å². The summed E-state index contributed by atoms with van der Waals surface area (Å²) < 4.78 is 4.96. The van der Waals surface area contributed by atoms with Gasteiger partial charge in [-0.15, -0.1) is 0 Å². The van der Waals surface area contributed by atoms with Crippen molar-refractivity contribution in [1.82, 2.24) is 5.32 Å². The number of phenolic OH excluding ortho intramolecular Hbond substituents is 2. The zero-order valence-electron chi connectivity index (χ0n) is 10.1. The molecule has 1 rings (SSSR count). The van der Waals surface area contributed by atoms with Gasteiger partial charge in [0.15, 0.2) is 0 Å². The van der Waals surface area contributed by atoms with Crippen LogP contribution < -0.4 is 5.32 Å². The van der Waals surface area contributed by atoms with Gasteiger partial charge in [0.1, 0.15) is 11.5 Å². The van der Waals surface area contributed by atoms with Crippen molar-refractivity contribution in [2.24, 2.45) is 0 Å². The Morgan fingerprint density at radius 2 is 2.06 bits per heavy atom. The summed E-state index contributed by atoms with van der Waals surface area (Å²) in [6.07, 6.45) is 0. The number of phenols is 2. The number of aromatic hydroxyl groups is 2. The van der Waals surface area contributed by atoms with Crippen LogP contribution in [-0.4, -0.2) is 41.7 Å². The van der Waals surface area contributed by atoms with Crippen molar-refractivity contribution in [2.45, 2.75) is 19.0 Å². The Morgan fingerprint density at radius 1 is 1.35 bits per heavy atom. The number of hydrogen-bond acceptors (Lipinski definition) is 5. The lowest BCUT2D eigenvalue weighted by atomic mass is 10.1. The fourth-order valence-electron chi connectivity index (χ4n) is 1.70. The number of benzene rings is 1. The summed E-state index contributed by atoms with van der Waals surface area (Å²) in [4.78, 5) is 0. The normalized spacial score (nSPS) is 14.5. The first-order valence-corrected chi connectivity index (χ1v) is 5.46. The van der Waals surface area contributed by atoms with Crippen LogP contribution in [0.1, 0.15) is 18.5 Å². The molecule has 4 N–H and O–H groups in total. The van der Waals surface area contributed by atoms with Crippen LogP contribution in [-0.2, 0) is 4.74 Å². The monoisotopic (exact) mass is 241 g/mol. The van der Waals surface area contributed by atoms with Crippen molar-refractivity contribution in [3.8, 4) is 11.5 Å². The van der Waals surface area contributed by atoms with E-state index in [9.17, 15) is 10.2 Å². The fourth-order valence-corrected chi connectivity index (χ4v) is 1.70.